The summed E-state index contributed by atoms with van der Waals surface area (Å²) in [6.45, 7) is 14.3. The van der Waals surface area contributed by atoms with Gasteiger partial charge in [-0.1, -0.05) is 46.5 Å². The number of H-pyrrole nitrogens is 1. The molecule has 4 heterocycles. The number of ether oxygens (including phenoxy) is 1. The Morgan fingerprint density at radius 2 is 1.65 bits per heavy atom. The van der Waals surface area contributed by atoms with Crippen LogP contribution in [0, 0.1) is 11.8 Å². The van der Waals surface area contributed by atoms with Gasteiger partial charge in [0.2, 0.25) is 0 Å². The number of nitrogens with zero attached hydrogens (tertiary/aromatic N) is 5. The minimum atomic E-state index is -0.124. The first kappa shape index (κ1) is 30.8. The number of aromatic nitrogens is 4. The average molecular weight is 558 g/mol. The van der Waals surface area contributed by atoms with E-state index in [4.69, 9.17) is 15.5 Å². The van der Waals surface area contributed by atoms with Gasteiger partial charge in [0.05, 0.1) is 6.61 Å². The van der Waals surface area contributed by atoms with E-state index in [2.05, 4.69) is 40.5 Å². The molecule has 0 radical (unpaired) electrons. The highest BCUT2D eigenvalue weighted by Crippen LogP contribution is 2.34. The second-order valence-corrected chi connectivity index (χ2v) is 12.3. The van der Waals surface area contributed by atoms with Crippen LogP contribution in [0.3, 0.4) is 0 Å². The van der Waals surface area contributed by atoms with E-state index in [9.17, 15) is 4.79 Å². The summed E-state index contributed by atoms with van der Waals surface area (Å²) in [6.07, 6.45) is 15.3. The third-order valence-electron chi connectivity index (χ3n) is 9.09. The molecule has 0 aromatic carbocycles. The van der Waals surface area contributed by atoms with E-state index in [1.165, 1.54) is 71.0 Å². The SMILES string of the molecule is CCCCOc1nc(N)c2[nH]c(=O)n(C(CCCC3CCCN(CCCC)C3)C3CCCN(CCCC)C3)c2n1. The number of piperidine rings is 2. The Labute approximate surface area is 241 Å². The minimum Gasteiger partial charge on any atom is -0.463 e. The third kappa shape index (κ3) is 8.21. The molecular weight excluding hydrogens is 502 g/mol. The van der Waals surface area contributed by atoms with Crippen LogP contribution in [0.1, 0.15) is 110 Å². The van der Waals surface area contributed by atoms with E-state index >= 15 is 0 Å². The number of imidazole rings is 1. The Kier molecular flexibility index (Phi) is 12.1. The van der Waals surface area contributed by atoms with Gasteiger partial charge in [0.25, 0.3) is 0 Å². The zero-order valence-corrected chi connectivity index (χ0v) is 25.5. The van der Waals surface area contributed by atoms with Crippen LogP contribution >= 0.6 is 0 Å². The molecule has 0 amide bonds. The summed E-state index contributed by atoms with van der Waals surface area (Å²) >= 11 is 0. The third-order valence-corrected chi connectivity index (χ3v) is 9.09. The van der Waals surface area contributed by atoms with E-state index in [0.29, 0.717) is 23.7 Å². The first-order valence-corrected chi connectivity index (χ1v) is 16.4. The van der Waals surface area contributed by atoms with Crippen molar-refractivity contribution >= 4 is 17.0 Å². The summed E-state index contributed by atoms with van der Waals surface area (Å²) in [7, 11) is 0. The van der Waals surface area contributed by atoms with Gasteiger partial charge in [0.1, 0.15) is 5.52 Å². The summed E-state index contributed by atoms with van der Waals surface area (Å²) in [5.74, 6) is 1.46. The van der Waals surface area contributed by atoms with Gasteiger partial charge in [-0.25, -0.2) is 4.79 Å². The lowest BCUT2D eigenvalue weighted by molar-refractivity contribution is 0.125. The van der Waals surface area contributed by atoms with E-state index in [1.807, 2.05) is 4.57 Å². The smallest absolute Gasteiger partial charge is 0.328 e. The number of rotatable bonds is 16. The Morgan fingerprint density at radius 3 is 2.38 bits per heavy atom. The molecule has 3 unspecified atom stereocenters. The van der Waals surface area contributed by atoms with Crippen molar-refractivity contribution in [2.45, 2.75) is 110 Å². The fourth-order valence-electron chi connectivity index (χ4n) is 6.84. The second-order valence-electron chi connectivity index (χ2n) is 12.3. The average Bonchev–Trinajstić information content (AvgIpc) is 3.29. The van der Waals surface area contributed by atoms with Gasteiger partial charge in [-0.05, 0) is 95.8 Å². The number of anilines is 1. The van der Waals surface area contributed by atoms with E-state index in [1.54, 1.807) is 0 Å². The predicted molar refractivity (Wildman–Crippen MR) is 164 cm³/mol. The number of hydrogen-bond acceptors (Lipinski definition) is 7. The molecule has 2 aliphatic rings. The molecule has 2 aromatic rings. The highest BCUT2D eigenvalue weighted by molar-refractivity contribution is 5.82. The molecule has 226 valence electrons. The standard InChI is InChI=1S/C31H55N7O2/c1-4-7-17-36-19-11-14-24(22-36)13-10-16-26(25-15-12-20-37(23-25)18-8-5-2)38-29-27(33-31(38)39)28(32)34-30(35-29)40-21-9-6-3/h24-26H,4-23H2,1-3H3,(H,33,39)(H2,32,34,35). The Hall–Kier alpha value is -2.13. The number of nitrogen functional groups attached to an aromatic ring is 1. The van der Waals surface area contributed by atoms with Crippen LogP contribution in [0.2, 0.25) is 0 Å². The van der Waals surface area contributed by atoms with E-state index < -0.39 is 0 Å². The van der Waals surface area contributed by atoms with Crippen molar-refractivity contribution in [3.05, 3.63) is 10.5 Å². The number of likely N-dealkylation sites (tertiary alicyclic amines) is 2. The molecule has 2 fully saturated rings. The highest BCUT2D eigenvalue weighted by atomic mass is 16.5. The first-order valence-electron chi connectivity index (χ1n) is 16.4. The van der Waals surface area contributed by atoms with Crippen molar-refractivity contribution < 1.29 is 4.74 Å². The van der Waals surface area contributed by atoms with Crippen LogP contribution in [-0.4, -0.2) is 75.2 Å². The van der Waals surface area contributed by atoms with Crippen molar-refractivity contribution in [1.29, 1.82) is 0 Å². The Balaban J connectivity index is 1.55. The highest BCUT2D eigenvalue weighted by Gasteiger charge is 2.32. The quantitative estimate of drug-likeness (QED) is 0.258. The minimum absolute atomic E-state index is 0.0863. The predicted octanol–water partition coefficient (Wildman–Crippen LogP) is 5.62. The summed E-state index contributed by atoms with van der Waals surface area (Å²) in [5.41, 5.74) is 7.33. The fraction of sp³-hybridized carbons (Fsp3) is 0.839. The number of hydrogen-bond donors (Lipinski definition) is 2. The van der Waals surface area contributed by atoms with Crippen LogP contribution < -0.4 is 16.2 Å². The van der Waals surface area contributed by atoms with Crippen molar-refractivity contribution in [3.8, 4) is 6.01 Å². The molecule has 3 atom stereocenters. The van der Waals surface area contributed by atoms with Gasteiger partial charge in [-0.15, -0.1) is 0 Å². The number of nitrogens with one attached hydrogen (secondary N) is 1. The molecule has 9 heteroatoms. The van der Waals surface area contributed by atoms with Crippen molar-refractivity contribution in [2.75, 3.05) is 51.6 Å². The lowest BCUT2D eigenvalue weighted by atomic mass is 9.85. The second kappa shape index (κ2) is 15.8. The molecule has 9 nitrogen and oxygen atoms in total. The fourth-order valence-corrected chi connectivity index (χ4v) is 6.84. The summed E-state index contributed by atoms with van der Waals surface area (Å²) in [5, 5.41) is 0. The number of aromatic amines is 1. The molecule has 2 aliphatic heterocycles. The van der Waals surface area contributed by atoms with Crippen LogP contribution in [-0.2, 0) is 0 Å². The molecule has 0 aliphatic carbocycles. The Morgan fingerprint density at radius 1 is 0.950 bits per heavy atom. The maximum absolute atomic E-state index is 13.5. The molecule has 2 saturated heterocycles. The maximum Gasteiger partial charge on any atom is 0.328 e. The zero-order chi connectivity index (χ0) is 28.3. The summed E-state index contributed by atoms with van der Waals surface area (Å²) in [4.78, 5) is 30.9. The van der Waals surface area contributed by atoms with Gasteiger partial charge in [0, 0.05) is 19.1 Å². The van der Waals surface area contributed by atoms with Crippen molar-refractivity contribution in [2.24, 2.45) is 11.8 Å². The number of unbranched alkanes of at least 4 members (excludes halogenated alkanes) is 3. The molecule has 2 aromatic heterocycles. The molecular formula is C31H55N7O2. The van der Waals surface area contributed by atoms with Crippen molar-refractivity contribution in [3.63, 3.8) is 0 Å². The molecule has 40 heavy (non-hydrogen) atoms. The zero-order valence-electron chi connectivity index (χ0n) is 25.5. The normalized spacial score (nSPS) is 21.7. The van der Waals surface area contributed by atoms with Gasteiger partial charge in [-0.2, -0.15) is 9.97 Å². The maximum atomic E-state index is 13.5. The van der Waals surface area contributed by atoms with Crippen LogP contribution in [0.15, 0.2) is 4.79 Å². The molecule has 0 spiro atoms. The molecule has 3 N–H and O–H groups in total. The van der Waals surface area contributed by atoms with Crippen LogP contribution in [0.4, 0.5) is 5.82 Å². The summed E-state index contributed by atoms with van der Waals surface area (Å²) in [6, 6.07) is 0.357. The van der Waals surface area contributed by atoms with Gasteiger partial charge >= 0.3 is 11.7 Å². The first-order chi connectivity index (χ1) is 19.5. The molecule has 0 saturated carbocycles. The largest absolute Gasteiger partial charge is 0.463 e. The molecule has 4 rings (SSSR count). The van der Waals surface area contributed by atoms with Gasteiger partial charge in [0.15, 0.2) is 11.5 Å². The lowest BCUT2D eigenvalue weighted by Gasteiger charge is -2.38. The lowest BCUT2D eigenvalue weighted by Crippen LogP contribution is -2.41. The monoisotopic (exact) mass is 557 g/mol. The topological polar surface area (TPSA) is 105 Å². The van der Waals surface area contributed by atoms with Crippen molar-refractivity contribution in [1.82, 2.24) is 29.3 Å². The number of fused-ring (bicyclic) bond motifs is 1. The Bertz CT molecular complexity index is 1080. The number of nitrogens with two attached hydrogens (primary N) is 1. The molecule has 0 bridgehead atoms. The van der Waals surface area contributed by atoms with Gasteiger partial charge < -0.3 is 25.3 Å². The van der Waals surface area contributed by atoms with Gasteiger partial charge in [-0.3, -0.25) is 4.57 Å². The van der Waals surface area contributed by atoms with Crippen LogP contribution in [0.5, 0.6) is 6.01 Å². The van der Waals surface area contributed by atoms with Crippen LogP contribution in [0.25, 0.3) is 11.2 Å². The van der Waals surface area contributed by atoms with E-state index in [0.717, 1.165) is 57.7 Å². The summed E-state index contributed by atoms with van der Waals surface area (Å²) < 4.78 is 7.76. The van der Waals surface area contributed by atoms with E-state index in [-0.39, 0.29) is 23.6 Å².